The summed E-state index contributed by atoms with van der Waals surface area (Å²) in [6.45, 7) is 1.64. The van der Waals surface area contributed by atoms with Gasteiger partial charge in [-0.3, -0.25) is 4.79 Å². The maximum atomic E-state index is 13.1. The summed E-state index contributed by atoms with van der Waals surface area (Å²) in [5, 5.41) is 5.83. The van der Waals surface area contributed by atoms with E-state index in [0.717, 1.165) is 0 Å². The van der Waals surface area contributed by atoms with Crippen molar-refractivity contribution in [2.45, 2.75) is 37.5 Å². The number of hydrogen-bond donors (Lipinski definition) is 2. The molecule has 1 aliphatic heterocycles. The summed E-state index contributed by atoms with van der Waals surface area (Å²) < 4.78 is 57.7. The molecule has 2 rings (SSSR count). The third-order valence-corrected chi connectivity index (χ3v) is 6.35. The topological polar surface area (TPSA) is 119 Å². The van der Waals surface area contributed by atoms with E-state index in [4.69, 9.17) is 10.3 Å². The SMILES string of the molecule is Cc1noc(C)c1S(=O)(=O)N1CCC(C(=O)NCC(F)(F)CN)CC1. The predicted molar refractivity (Wildman–Crippen MR) is 84.5 cm³/mol. The van der Waals surface area contributed by atoms with Crippen LogP contribution in [-0.4, -0.2) is 55.9 Å². The number of nitrogens with zero attached hydrogens (tertiary/aromatic N) is 2. The highest BCUT2D eigenvalue weighted by Crippen LogP contribution is 2.27. The van der Waals surface area contributed by atoms with Crippen LogP contribution >= 0.6 is 0 Å². The first-order chi connectivity index (χ1) is 11.6. The Hall–Kier alpha value is -1.59. The van der Waals surface area contributed by atoms with Crippen LogP contribution in [0.5, 0.6) is 0 Å². The number of alkyl halides is 2. The maximum Gasteiger partial charge on any atom is 0.277 e. The van der Waals surface area contributed by atoms with E-state index >= 15 is 0 Å². The second kappa shape index (κ2) is 7.34. The van der Waals surface area contributed by atoms with Gasteiger partial charge in [-0.25, -0.2) is 17.2 Å². The molecule has 1 fully saturated rings. The Bertz CT molecular complexity index is 708. The van der Waals surface area contributed by atoms with E-state index in [1.54, 1.807) is 6.92 Å². The third kappa shape index (κ3) is 4.33. The molecule has 0 unspecified atom stereocenters. The Morgan fingerprint density at radius 3 is 2.48 bits per heavy atom. The summed E-state index contributed by atoms with van der Waals surface area (Å²) in [5.74, 6) is -3.96. The number of hydrogen-bond acceptors (Lipinski definition) is 6. The van der Waals surface area contributed by atoms with Gasteiger partial charge < -0.3 is 15.6 Å². The van der Waals surface area contributed by atoms with Crippen molar-refractivity contribution in [1.29, 1.82) is 0 Å². The minimum absolute atomic E-state index is 0.0398. The van der Waals surface area contributed by atoms with Gasteiger partial charge in [0.15, 0.2) is 5.76 Å². The average Bonchev–Trinajstić information content (AvgIpc) is 2.92. The van der Waals surface area contributed by atoms with Crippen LogP contribution in [0.15, 0.2) is 9.42 Å². The fourth-order valence-electron chi connectivity index (χ4n) is 2.76. The van der Waals surface area contributed by atoms with Gasteiger partial charge in [0.2, 0.25) is 15.9 Å². The van der Waals surface area contributed by atoms with E-state index in [1.165, 1.54) is 11.2 Å². The summed E-state index contributed by atoms with van der Waals surface area (Å²) in [4.78, 5) is 12.0. The number of amides is 1. The largest absolute Gasteiger partial charge is 0.360 e. The molecule has 0 radical (unpaired) electrons. The number of rotatable bonds is 6. The Kier molecular flexibility index (Phi) is 5.79. The third-order valence-electron chi connectivity index (χ3n) is 4.21. The molecule has 2 heterocycles. The number of sulfonamides is 1. The molecule has 0 saturated carbocycles. The van der Waals surface area contributed by atoms with Crippen LogP contribution in [0.25, 0.3) is 0 Å². The number of piperidine rings is 1. The monoisotopic (exact) mass is 380 g/mol. The Labute approximate surface area is 144 Å². The van der Waals surface area contributed by atoms with E-state index in [2.05, 4.69) is 10.5 Å². The first-order valence-corrected chi connectivity index (χ1v) is 9.31. The maximum absolute atomic E-state index is 13.1. The van der Waals surface area contributed by atoms with Crippen LogP contribution < -0.4 is 11.1 Å². The number of nitrogens with two attached hydrogens (primary N) is 1. The van der Waals surface area contributed by atoms with Crippen LogP contribution in [0, 0.1) is 19.8 Å². The normalized spacial score (nSPS) is 17.6. The molecule has 1 aromatic heterocycles. The van der Waals surface area contributed by atoms with Crippen molar-refractivity contribution in [3.8, 4) is 0 Å². The van der Waals surface area contributed by atoms with Crippen molar-refractivity contribution in [1.82, 2.24) is 14.8 Å². The highest BCUT2D eigenvalue weighted by molar-refractivity contribution is 7.89. The number of aromatic nitrogens is 1. The van der Waals surface area contributed by atoms with Crippen molar-refractivity contribution in [2.24, 2.45) is 11.7 Å². The van der Waals surface area contributed by atoms with Crippen molar-refractivity contribution in [2.75, 3.05) is 26.2 Å². The van der Waals surface area contributed by atoms with E-state index < -0.39 is 40.9 Å². The summed E-state index contributed by atoms with van der Waals surface area (Å²) >= 11 is 0. The molecule has 1 aromatic rings. The van der Waals surface area contributed by atoms with Crippen LogP contribution in [0.4, 0.5) is 8.78 Å². The standard InChI is InChI=1S/C14H22F2N4O4S/c1-9-12(10(2)24-19-9)25(22,23)20-5-3-11(4-6-20)13(21)18-8-14(15,16)7-17/h11H,3-8,17H2,1-2H3,(H,18,21). The van der Waals surface area contributed by atoms with Crippen LogP contribution in [0.3, 0.4) is 0 Å². The number of carbonyl (C=O) groups is 1. The molecule has 142 valence electrons. The minimum Gasteiger partial charge on any atom is -0.360 e. The minimum atomic E-state index is -3.76. The molecule has 25 heavy (non-hydrogen) atoms. The van der Waals surface area contributed by atoms with Crippen LogP contribution in [0.1, 0.15) is 24.3 Å². The van der Waals surface area contributed by atoms with Gasteiger partial charge in [0.05, 0.1) is 13.1 Å². The molecule has 1 aliphatic rings. The molecule has 11 heteroatoms. The van der Waals surface area contributed by atoms with Gasteiger partial charge in [0.1, 0.15) is 10.6 Å². The molecule has 3 N–H and O–H groups in total. The lowest BCUT2D eigenvalue weighted by Crippen LogP contribution is -2.46. The van der Waals surface area contributed by atoms with Gasteiger partial charge in [-0.15, -0.1) is 0 Å². The molecule has 1 saturated heterocycles. The van der Waals surface area contributed by atoms with E-state index in [1.807, 2.05) is 0 Å². The second-order valence-electron chi connectivity index (χ2n) is 6.11. The van der Waals surface area contributed by atoms with Crippen molar-refractivity contribution >= 4 is 15.9 Å². The fraction of sp³-hybridized carbons (Fsp3) is 0.714. The summed E-state index contributed by atoms with van der Waals surface area (Å²) in [5.41, 5.74) is 5.20. The lowest BCUT2D eigenvalue weighted by atomic mass is 9.97. The molecule has 8 nitrogen and oxygen atoms in total. The molecular formula is C14H22F2N4O4S. The summed E-state index contributed by atoms with van der Waals surface area (Å²) in [6.07, 6.45) is 0.505. The number of aryl methyl sites for hydroxylation is 2. The van der Waals surface area contributed by atoms with E-state index in [-0.39, 0.29) is 42.3 Å². The van der Waals surface area contributed by atoms with Gasteiger partial charge in [-0.05, 0) is 26.7 Å². The zero-order valence-corrected chi connectivity index (χ0v) is 14.9. The quantitative estimate of drug-likeness (QED) is 0.738. The summed E-state index contributed by atoms with van der Waals surface area (Å²) in [6, 6.07) is 0. The molecule has 0 bridgehead atoms. The van der Waals surface area contributed by atoms with Crippen molar-refractivity contribution < 1.29 is 26.5 Å². The zero-order valence-electron chi connectivity index (χ0n) is 14.1. The molecule has 0 aromatic carbocycles. The van der Waals surface area contributed by atoms with Gasteiger partial charge in [0, 0.05) is 19.0 Å². The first kappa shape index (κ1) is 19.7. The van der Waals surface area contributed by atoms with Crippen LogP contribution in [0.2, 0.25) is 0 Å². The summed E-state index contributed by atoms with van der Waals surface area (Å²) in [7, 11) is -3.76. The highest BCUT2D eigenvalue weighted by Gasteiger charge is 2.36. The molecule has 1 amide bonds. The smallest absolute Gasteiger partial charge is 0.277 e. The lowest BCUT2D eigenvalue weighted by Gasteiger charge is -2.30. The molecule has 0 spiro atoms. The average molecular weight is 380 g/mol. The lowest BCUT2D eigenvalue weighted by molar-refractivity contribution is -0.127. The van der Waals surface area contributed by atoms with Gasteiger partial charge in [-0.1, -0.05) is 5.16 Å². The van der Waals surface area contributed by atoms with Crippen molar-refractivity contribution in [3.05, 3.63) is 11.5 Å². The predicted octanol–water partition coefficient (Wildman–Crippen LogP) is 0.402. The molecule has 0 atom stereocenters. The molecular weight excluding hydrogens is 358 g/mol. The fourth-order valence-corrected chi connectivity index (χ4v) is 4.52. The zero-order chi connectivity index (χ0) is 18.8. The Morgan fingerprint density at radius 2 is 2.00 bits per heavy atom. The number of nitrogens with one attached hydrogen (secondary N) is 1. The first-order valence-electron chi connectivity index (χ1n) is 7.87. The van der Waals surface area contributed by atoms with Gasteiger partial charge >= 0.3 is 0 Å². The van der Waals surface area contributed by atoms with Gasteiger partial charge in [0.25, 0.3) is 5.92 Å². The van der Waals surface area contributed by atoms with Crippen LogP contribution in [-0.2, 0) is 14.8 Å². The van der Waals surface area contributed by atoms with E-state index in [0.29, 0.717) is 0 Å². The number of halogens is 2. The Balaban J connectivity index is 1.96. The van der Waals surface area contributed by atoms with E-state index in [9.17, 15) is 22.0 Å². The Morgan fingerprint density at radius 1 is 1.40 bits per heavy atom. The molecule has 0 aliphatic carbocycles. The van der Waals surface area contributed by atoms with Crippen molar-refractivity contribution in [3.63, 3.8) is 0 Å². The highest BCUT2D eigenvalue weighted by atomic mass is 32.2. The number of carbonyl (C=O) groups excluding carboxylic acids is 1. The van der Waals surface area contributed by atoms with Gasteiger partial charge in [-0.2, -0.15) is 4.31 Å². The second-order valence-corrected chi connectivity index (χ2v) is 7.98.